The zero-order valence-corrected chi connectivity index (χ0v) is 14.5. The van der Waals surface area contributed by atoms with E-state index in [1.165, 1.54) is 0 Å². The van der Waals surface area contributed by atoms with Crippen molar-refractivity contribution in [3.8, 4) is 5.88 Å². The normalized spacial score (nSPS) is 10.5. The summed E-state index contributed by atoms with van der Waals surface area (Å²) in [5.74, 6) is 0.114. The molecule has 0 unspecified atom stereocenters. The highest BCUT2D eigenvalue weighted by Gasteiger charge is 2.13. The predicted octanol–water partition coefficient (Wildman–Crippen LogP) is 3.94. The SMILES string of the molecule is CC.CC.CS(=O)(=O)Oc1nc2ccsc2n2cccc12. The molecule has 0 radical (unpaired) electrons. The molecule has 0 aliphatic rings. The Morgan fingerprint density at radius 2 is 1.86 bits per heavy atom. The second-order valence-corrected chi connectivity index (χ2v) is 6.05. The number of rotatable bonds is 2. The Kier molecular flexibility index (Phi) is 6.17. The molecule has 3 aromatic rings. The summed E-state index contributed by atoms with van der Waals surface area (Å²) in [5.41, 5.74) is 1.36. The topological polar surface area (TPSA) is 60.7 Å². The highest BCUT2D eigenvalue weighted by atomic mass is 32.2. The summed E-state index contributed by atoms with van der Waals surface area (Å²) in [7, 11) is -3.57. The fourth-order valence-electron chi connectivity index (χ4n) is 1.66. The number of nitrogens with zero attached hydrogens (tertiary/aromatic N) is 2. The zero-order valence-electron chi connectivity index (χ0n) is 12.8. The van der Waals surface area contributed by atoms with Crippen LogP contribution in [0.3, 0.4) is 0 Å². The van der Waals surface area contributed by atoms with E-state index in [-0.39, 0.29) is 5.88 Å². The van der Waals surface area contributed by atoms with Crippen molar-refractivity contribution in [2.24, 2.45) is 0 Å². The maximum atomic E-state index is 11.2. The zero-order chi connectivity index (χ0) is 16.0. The lowest BCUT2D eigenvalue weighted by Crippen LogP contribution is -2.08. The molecule has 3 heterocycles. The summed E-state index contributed by atoms with van der Waals surface area (Å²) in [6.07, 6.45) is 2.86. The van der Waals surface area contributed by atoms with Crippen LogP contribution >= 0.6 is 11.3 Å². The smallest absolute Gasteiger partial charge is 0.307 e. The van der Waals surface area contributed by atoms with Gasteiger partial charge in [0.15, 0.2) is 0 Å². The standard InChI is InChI=1S/C10H8N2O3S2.2C2H6/c1-17(13,14)15-9-8-3-2-5-12(8)10-7(11-9)4-6-16-10;2*1-2/h2-6H,1H3;2*1-2H3. The third-order valence-electron chi connectivity index (χ3n) is 2.26. The number of fused-ring (bicyclic) bond motifs is 3. The van der Waals surface area contributed by atoms with E-state index in [0.717, 1.165) is 16.6 Å². The maximum absolute atomic E-state index is 11.2. The van der Waals surface area contributed by atoms with E-state index < -0.39 is 10.1 Å². The van der Waals surface area contributed by atoms with Crippen LogP contribution in [0.25, 0.3) is 15.9 Å². The predicted molar refractivity (Wildman–Crippen MR) is 88.7 cm³/mol. The van der Waals surface area contributed by atoms with E-state index in [1.807, 2.05) is 55.8 Å². The highest BCUT2D eigenvalue weighted by Crippen LogP contribution is 2.27. The summed E-state index contributed by atoms with van der Waals surface area (Å²) in [6, 6.07) is 5.42. The molecule has 0 aliphatic carbocycles. The first-order valence-corrected chi connectivity index (χ1v) is 9.48. The molecule has 116 valence electrons. The van der Waals surface area contributed by atoms with Gasteiger partial charge in [0.05, 0.1) is 6.26 Å². The van der Waals surface area contributed by atoms with Crippen LogP contribution in [-0.2, 0) is 10.1 Å². The monoisotopic (exact) mass is 328 g/mol. The number of aromatic nitrogens is 2. The first-order valence-electron chi connectivity index (χ1n) is 6.78. The molecule has 7 heteroatoms. The van der Waals surface area contributed by atoms with Gasteiger partial charge in [0, 0.05) is 6.20 Å². The molecule has 0 N–H and O–H groups in total. The summed E-state index contributed by atoms with van der Waals surface area (Å²) < 4.78 is 29.1. The Balaban J connectivity index is 0.000000510. The molecule has 0 saturated heterocycles. The number of hydrogen-bond donors (Lipinski definition) is 0. The van der Waals surface area contributed by atoms with Gasteiger partial charge < -0.3 is 8.58 Å². The average Bonchev–Trinajstić information content (AvgIpc) is 3.09. The van der Waals surface area contributed by atoms with Crippen LogP contribution in [0.1, 0.15) is 27.7 Å². The summed E-state index contributed by atoms with van der Waals surface area (Å²) >= 11 is 1.54. The molecule has 0 fully saturated rings. The van der Waals surface area contributed by atoms with Crippen molar-refractivity contribution in [2.75, 3.05) is 6.26 Å². The van der Waals surface area contributed by atoms with Crippen molar-refractivity contribution in [3.63, 3.8) is 0 Å². The second-order valence-electron chi connectivity index (χ2n) is 3.58. The molecule has 0 amide bonds. The van der Waals surface area contributed by atoms with E-state index in [9.17, 15) is 8.42 Å². The third-order valence-corrected chi connectivity index (χ3v) is 3.63. The van der Waals surface area contributed by atoms with Gasteiger partial charge in [0.2, 0.25) is 0 Å². The van der Waals surface area contributed by atoms with Gasteiger partial charge in [-0.3, -0.25) is 0 Å². The van der Waals surface area contributed by atoms with Gasteiger partial charge in [0.1, 0.15) is 15.9 Å². The largest absolute Gasteiger partial charge is 0.359 e. The van der Waals surface area contributed by atoms with Crippen LogP contribution in [0.5, 0.6) is 5.88 Å². The molecule has 0 bridgehead atoms. The van der Waals surface area contributed by atoms with Crippen LogP contribution in [0, 0.1) is 0 Å². The molecule has 0 aliphatic heterocycles. The molecule has 0 spiro atoms. The van der Waals surface area contributed by atoms with E-state index in [1.54, 1.807) is 17.4 Å². The van der Waals surface area contributed by atoms with Crippen molar-refractivity contribution in [1.29, 1.82) is 0 Å². The number of thiophene rings is 1. The first kappa shape index (κ1) is 17.5. The average molecular weight is 328 g/mol. The second kappa shape index (κ2) is 7.42. The minimum atomic E-state index is -3.57. The Bertz CT molecular complexity index is 804. The van der Waals surface area contributed by atoms with Gasteiger partial charge in [-0.05, 0) is 23.6 Å². The molecular weight excluding hydrogens is 308 g/mol. The molecule has 3 rings (SSSR count). The van der Waals surface area contributed by atoms with Gasteiger partial charge in [-0.25, -0.2) is 4.98 Å². The van der Waals surface area contributed by atoms with Crippen LogP contribution in [0.2, 0.25) is 0 Å². The van der Waals surface area contributed by atoms with Crippen molar-refractivity contribution in [3.05, 3.63) is 29.8 Å². The van der Waals surface area contributed by atoms with E-state index >= 15 is 0 Å². The quantitative estimate of drug-likeness (QED) is 0.669. The van der Waals surface area contributed by atoms with Crippen LogP contribution in [0.15, 0.2) is 29.8 Å². The minimum absolute atomic E-state index is 0.114. The lowest BCUT2D eigenvalue weighted by atomic mass is 10.4. The van der Waals surface area contributed by atoms with Crippen LogP contribution in [-0.4, -0.2) is 24.1 Å². The van der Waals surface area contributed by atoms with Crippen molar-refractivity contribution >= 4 is 37.3 Å². The summed E-state index contributed by atoms with van der Waals surface area (Å²) in [4.78, 5) is 5.17. The molecule has 21 heavy (non-hydrogen) atoms. The molecule has 5 nitrogen and oxygen atoms in total. The minimum Gasteiger partial charge on any atom is -0.359 e. The van der Waals surface area contributed by atoms with E-state index in [0.29, 0.717) is 5.52 Å². The highest BCUT2D eigenvalue weighted by molar-refractivity contribution is 7.86. The van der Waals surface area contributed by atoms with Crippen molar-refractivity contribution < 1.29 is 12.6 Å². The molecular formula is C14H20N2O3S2. The fourth-order valence-corrected chi connectivity index (χ4v) is 2.91. The van der Waals surface area contributed by atoms with Crippen molar-refractivity contribution in [2.45, 2.75) is 27.7 Å². The van der Waals surface area contributed by atoms with Crippen LogP contribution < -0.4 is 4.18 Å². The molecule has 0 atom stereocenters. The Morgan fingerprint density at radius 3 is 2.48 bits per heavy atom. The Labute approximate surface area is 129 Å². The van der Waals surface area contributed by atoms with Gasteiger partial charge in [-0.1, -0.05) is 27.7 Å². The van der Waals surface area contributed by atoms with Gasteiger partial charge >= 0.3 is 10.1 Å². The molecule has 0 aromatic carbocycles. The summed E-state index contributed by atoms with van der Waals surface area (Å²) in [6.45, 7) is 8.00. The Morgan fingerprint density at radius 1 is 1.19 bits per heavy atom. The number of hydrogen-bond acceptors (Lipinski definition) is 5. The van der Waals surface area contributed by atoms with Gasteiger partial charge in [-0.15, -0.1) is 11.3 Å². The van der Waals surface area contributed by atoms with E-state index in [4.69, 9.17) is 4.18 Å². The fraction of sp³-hybridized carbons (Fsp3) is 0.357. The third kappa shape index (κ3) is 3.95. The van der Waals surface area contributed by atoms with Gasteiger partial charge in [0.25, 0.3) is 5.88 Å². The maximum Gasteiger partial charge on any atom is 0.307 e. The molecule has 0 saturated carbocycles. The lowest BCUT2D eigenvalue weighted by Gasteiger charge is -2.05. The summed E-state index contributed by atoms with van der Waals surface area (Å²) in [5, 5.41) is 1.90. The first-order chi connectivity index (χ1) is 10.0. The van der Waals surface area contributed by atoms with Gasteiger partial charge in [-0.2, -0.15) is 8.42 Å². The molecule has 3 aromatic heterocycles. The van der Waals surface area contributed by atoms with E-state index in [2.05, 4.69) is 4.98 Å². The van der Waals surface area contributed by atoms with Crippen molar-refractivity contribution in [1.82, 2.24) is 9.38 Å². The lowest BCUT2D eigenvalue weighted by molar-refractivity contribution is 0.486. The Hall–Kier alpha value is -1.60. The van der Waals surface area contributed by atoms with Crippen LogP contribution in [0.4, 0.5) is 0 Å².